The van der Waals surface area contributed by atoms with Crippen LogP contribution in [0.2, 0.25) is 0 Å². The molecule has 160 valence electrons. The van der Waals surface area contributed by atoms with Crippen LogP contribution in [-0.4, -0.2) is 42.3 Å². The van der Waals surface area contributed by atoms with Gasteiger partial charge in [-0.25, -0.2) is 4.79 Å². The first-order chi connectivity index (χ1) is 14.2. The molecule has 0 aliphatic heterocycles. The molecule has 0 fully saturated rings. The van der Waals surface area contributed by atoms with Gasteiger partial charge in [-0.3, -0.25) is 4.79 Å². The first kappa shape index (κ1) is 23.4. The molecule has 0 saturated heterocycles. The van der Waals surface area contributed by atoms with Crippen LogP contribution in [0.15, 0.2) is 48.5 Å². The van der Waals surface area contributed by atoms with E-state index >= 15 is 0 Å². The summed E-state index contributed by atoms with van der Waals surface area (Å²) in [4.78, 5) is 23.9. The molecule has 0 saturated carbocycles. The standard InChI is InChI=1S/C22H27BO7/c1-22(2,3)21(25)29-15-5-4-14-28-18-10-6-16(7-11-18)20(24)30-19-12-8-17(9-13-19)23(26)27/h6-13,26-27H,4-5,14-15H2,1-3H3. The van der Waals surface area contributed by atoms with E-state index in [2.05, 4.69) is 0 Å². The van der Waals surface area contributed by atoms with Crippen molar-refractivity contribution in [3.8, 4) is 11.5 Å². The highest BCUT2D eigenvalue weighted by molar-refractivity contribution is 6.58. The Morgan fingerprint density at radius 3 is 2.00 bits per heavy atom. The van der Waals surface area contributed by atoms with Gasteiger partial charge in [-0.05, 0) is 75.5 Å². The van der Waals surface area contributed by atoms with Crippen LogP contribution < -0.4 is 14.9 Å². The molecule has 0 amide bonds. The summed E-state index contributed by atoms with van der Waals surface area (Å²) in [5, 5.41) is 18.1. The van der Waals surface area contributed by atoms with Crippen molar-refractivity contribution in [2.24, 2.45) is 5.41 Å². The van der Waals surface area contributed by atoms with Crippen molar-refractivity contribution in [2.75, 3.05) is 13.2 Å². The van der Waals surface area contributed by atoms with E-state index in [1.54, 1.807) is 24.3 Å². The lowest BCUT2D eigenvalue weighted by Gasteiger charge is -2.16. The number of esters is 2. The summed E-state index contributed by atoms with van der Waals surface area (Å²) in [7, 11) is -1.57. The molecule has 0 aliphatic rings. The van der Waals surface area contributed by atoms with Crippen molar-refractivity contribution in [1.82, 2.24) is 0 Å². The van der Waals surface area contributed by atoms with E-state index in [0.717, 1.165) is 6.42 Å². The molecule has 2 rings (SSSR count). The fraction of sp³-hybridized carbons (Fsp3) is 0.364. The maximum Gasteiger partial charge on any atom is 0.488 e. The molecular weight excluding hydrogens is 387 g/mol. The Hall–Kier alpha value is -2.84. The Kier molecular flexibility index (Phi) is 8.44. The Balaban J connectivity index is 1.72. The van der Waals surface area contributed by atoms with Crippen molar-refractivity contribution in [3.63, 3.8) is 0 Å². The van der Waals surface area contributed by atoms with Gasteiger partial charge in [0.1, 0.15) is 11.5 Å². The number of carbonyl (C=O) groups excluding carboxylic acids is 2. The molecule has 7 nitrogen and oxygen atoms in total. The number of unbranched alkanes of at least 4 members (excludes halogenated alkanes) is 1. The van der Waals surface area contributed by atoms with Crippen LogP contribution in [0.3, 0.4) is 0 Å². The van der Waals surface area contributed by atoms with E-state index in [0.29, 0.717) is 42.2 Å². The lowest BCUT2D eigenvalue weighted by atomic mass is 9.80. The number of ether oxygens (including phenoxy) is 3. The fourth-order valence-corrected chi connectivity index (χ4v) is 2.34. The topological polar surface area (TPSA) is 102 Å². The van der Waals surface area contributed by atoms with Crippen LogP contribution >= 0.6 is 0 Å². The van der Waals surface area contributed by atoms with E-state index in [1.807, 2.05) is 20.8 Å². The van der Waals surface area contributed by atoms with Gasteiger partial charge >= 0.3 is 19.1 Å². The van der Waals surface area contributed by atoms with Gasteiger partial charge in [-0.1, -0.05) is 12.1 Å². The summed E-state index contributed by atoms with van der Waals surface area (Å²) in [6, 6.07) is 12.5. The number of benzene rings is 2. The highest BCUT2D eigenvalue weighted by Gasteiger charge is 2.22. The van der Waals surface area contributed by atoms with E-state index in [4.69, 9.17) is 24.3 Å². The molecule has 30 heavy (non-hydrogen) atoms. The lowest BCUT2D eigenvalue weighted by Crippen LogP contribution is -2.29. The maximum absolute atomic E-state index is 12.2. The second kappa shape index (κ2) is 10.8. The molecule has 0 atom stereocenters. The molecular formula is C22H27BO7. The first-order valence-electron chi connectivity index (χ1n) is 9.75. The zero-order chi connectivity index (χ0) is 22.1. The van der Waals surface area contributed by atoms with Gasteiger partial charge in [0, 0.05) is 0 Å². The minimum absolute atomic E-state index is 0.215. The molecule has 0 heterocycles. The molecule has 0 radical (unpaired) electrons. The SMILES string of the molecule is CC(C)(C)C(=O)OCCCCOc1ccc(C(=O)Oc2ccc(B(O)O)cc2)cc1. The third-order valence-electron chi connectivity index (χ3n) is 4.13. The Bertz CT molecular complexity index is 824. The number of hydrogen-bond donors (Lipinski definition) is 2. The van der Waals surface area contributed by atoms with Gasteiger partial charge < -0.3 is 24.3 Å². The van der Waals surface area contributed by atoms with E-state index in [-0.39, 0.29) is 5.97 Å². The highest BCUT2D eigenvalue weighted by atomic mass is 16.5. The normalized spacial score (nSPS) is 11.0. The average Bonchev–Trinajstić information content (AvgIpc) is 2.70. The predicted molar refractivity (Wildman–Crippen MR) is 113 cm³/mol. The first-order valence-corrected chi connectivity index (χ1v) is 9.75. The molecule has 2 N–H and O–H groups in total. The Morgan fingerprint density at radius 1 is 0.867 bits per heavy atom. The highest BCUT2D eigenvalue weighted by Crippen LogP contribution is 2.17. The lowest BCUT2D eigenvalue weighted by molar-refractivity contribution is -0.153. The van der Waals surface area contributed by atoms with Gasteiger partial charge in [-0.15, -0.1) is 0 Å². The molecule has 2 aromatic rings. The summed E-state index contributed by atoms with van der Waals surface area (Å²) in [5.41, 5.74) is 0.177. The van der Waals surface area contributed by atoms with Crippen LogP contribution in [0, 0.1) is 5.41 Å². The van der Waals surface area contributed by atoms with E-state index < -0.39 is 18.5 Å². The van der Waals surface area contributed by atoms with Gasteiger partial charge in [0.2, 0.25) is 0 Å². The van der Waals surface area contributed by atoms with Gasteiger partial charge in [0.25, 0.3) is 0 Å². The Morgan fingerprint density at radius 2 is 1.43 bits per heavy atom. The zero-order valence-electron chi connectivity index (χ0n) is 17.5. The van der Waals surface area contributed by atoms with E-state index in [1.165, 1.54) is 24.3 Å². The number of carbonyl (C=O) groups is 2. The summed E-state index contributed by atoms with van der Waals surface area (Å²) >= 11 is 0. The van der Waals surface area contributed by atoms with Crippen molar-refractivity contribution >= 4 is 24.5 Å². The van der Waals surface area contributed by atoms with Crippen molar-refractivity contribution in [3.05, 3.63) is 54.1 Å². The molecule has 2 aromatic carbocycles. The van der Waals surface area contributed by atoms with Gasteiger partial charge in [0.05, 0.1) is 24.2 Å². The second-order valence-corrected chi connectivity index (χ2v) is 7.80. The number of rotatable bonds is 9. The van der Waals surface area contributed by atoms with Gasteiger partial charge in [0.15, 0.2) is 0 Å². The second-order valence-electron chi connectivity index (χ2n) is 7.80. The van der Waals surface area contributed by atoms with Crippen LogP contribution in [-0.2, 0) is 9.53 Å². The summed E-state index contributed by atoms with van der Waals surface area (Å²) in [6.07, 6.45) is 1.44. The van der Waals surface area contributed by atoms with Crippen LogP contribution in [0.1, 0.15) is 44.0 Å². The van der Waals surface area contributed by atoms with Crippen LogP contribution in [0.25, 0.3) is 0 Å². The fourth-order valence-electron chi connectivity index (χ4n) is 2.34. The van der Waals surface area contributed by atoms with Gasteiger partial charge in [-0.2, -0.15) is 0 Å². The van der Waals surface area contributed by atoms with Crippen LogP contribution in [0.5, 0.6) is 11.5 Å². The third kappa shape index (κ3) is 7.53. The molecule has 0 aromatic heterocycles. The third-order valence-corrected chi connectivity index (χ3v) is 4.13. The van der Waals surface area contributed by atoms with Crippen molar-refractivity contribution in [2.45, 2.75) is 33.6 Å². The summed E-state index contributed by atoms with van der Waals surface area (Å²) < 4.78 is 16.1. The molecule has 0 spiro atoms. The minimum atomic E-state index is -1.57. The van der Waals surface area contributed by atoms with Crippen LogP contribution in [0.4, 0.5) is 0 Å². The number of hydrogen-bond acceptors (Lipinski definition) is 7. The van der Waals surface area contributed by atoms with E-state index in [9.17, 15) is 9.59 Å². The Labute approximate surface area is 176 Å². The predicted octanol–water partition coefficient (Wildman–Crippen LogP) is 2.33. The monoisotopic (exact) mass is 414 g/mol. The summed E-state index contributed by atoms with van der Waals surface area (Å²) in [6.45, 7) is 6.28. The molecule has 0 bridgehead atoms. The maximum atomic E-state index is 12.2. The molecule has 0 aliphatic carbocycles. The zero-order valence-corrected chi connectivity index (χ0v) is 17.5. The van der Waals surface area contributed by atoms with Crippen molar-refractivity contribution < 1.29 is 33.8 Å². The summed E-state index contributed by atoms with van der Waals surface area (Å²) in [5.74, 6) is 0.184. The largest absolute Gasteiger partial charge is 0.494 e. The average molecular weight is 414 g/mol. The van der Waals surface area contributed by atoms with Crippen molar-refractivity contribution in [1.29, 1.82) is 0 Å². The minimum Gasteiger partial charge on any atom is -0.494 e. The quantitative estimate of drug-likeness (QED) is 0.281. The molecule has 8 heteroatoms. The smallest absolute Gasteiger partial charge is 0.488 e. The molecule has 0 unspecified atom stereocenters.